The van der Waals surface area contributed by atoms with E-state index in [2.05, 4.69) is 42.8 Å². The van der Waals surface area contributed by atoms with E-state index < -0.39 is 0 Å². The average Bonchev–Trinajstić information content (AvgIpc) is 2.80. The summed E-state index contributed by atoms with van der Waals surface area (Å²) in [4.78, 5) is 7.22. The maximum absolute atomic E-state index is 2.42. The van der Waals surface area contributed by atoms with Crippen molar-refractivity contribution in [2.75, 3.05) is 60.4 Å². The molecule has 0 unspecified atom stereocenters. The smallest absolute Gasteiger partial charge is 0.00192 e. The Morgan fingerprint density at radius 2 is 0.783 bits per heavy atom. The largest absolute Gasteiger partial charge is 0.306 e. The molecule has 0 amide bonds. The first-order chi connectivity index (χ1) is 11.1. The Labute approximate surface area is 146 Å². The van der Waals surface area contributed by atoms with Gasteiger partial charge < -0.3 is 14.7 Å². The molecule has 0 atom stereocenters. The van der Waals surface area contributed by atoms with Gasteiger partial charge in [-0.3, -0.25) is 0 Å². The molecule has 23 heavy (non-hydrogen) atoms. The average molecular weight is 326 g/mol. The van der Waals surface area contributed by atoms with E-state index in [-0.39, 0.29) is 0 Å². The summed E-state index contributed by atoms with van der Waals surface area (Å²) in [5.74, 6) is 0.978. The van der Waals surface area contributed by atoms with Crippen molar-refractivity contribution in [1.29, 1.82) is 0 Å². The molecule has 0 bridgehead atoms. The summed E-state index contributed by atoms with van der Waals surface area (Å²) in [6, 6.07) is 0. The van der Waals surface area contributed by atoms with Crippen LogP contribution in [0, 0.1) is 5.92 Å². The second-order valence-corrected chi connectivity index (χ2v) is 8.07. The first-order valence-corrected chi connectivity index (χ1v) is 10.1. The van der Waals surface area contributed by atoms with Crippen molar-refractivity contribution in [2.45, 2.75) is 64.7 Å². The Bertz CT molecular complexity index is 238. The molecule has 3 rings (SSSR count). The van der Waals surface area contributed by atoms with Crippen LogP contribution in [0.1, 0.15) is 64.7 Å². The summed E-state index contributed by atoms with van der Waals surface area (Å²) < 4.78 is 0. The minimum Gasteiger partial charge on any atom is -0.306 e. The van der Waals surface area contributed by atoms with Gasteiger partial charge >= 0.3 is 0 Å². The zero-order valence-electron chi connectivity index (χ0n) is 16.5. The van der Waals surface area contributed by atoms with Crippen LogP contribution in [-0.2, 0) is 0 Å². The van der Waals surface area contributed by atoms with Gasteiger partial charge in [-0.15, -0.1) is 0 Å². The van der Waals surface area contributed by atoms with Gasteiger partial charge in [0.25, 0.3) is 0 Å². The highest BCUT2D eigenvalue weighted by Gasteiger charge is 2.10. The van der Waals surface area contributed by atoms with Crippen molar-refractivity contribution in [2.24, 2.45) is 5.92 Å². The molecule has 3 heterocycles. The Kier molecular flexibility index (Phi) is 12.0. The molecule has 0 saturated carbocycles. The van der Waals surface area contributed by atoms with Crippen molar-refractivity contribution in [1.82, 2.24) is 14.7 Å². The molecular weight excluding hydrogens is 282 g/mol. The third-order valence-electron chi connectivity index (χ3n) is 5.42. The highest BCUT2D eigenvalue weighted by atomic mass is 15.1. The van der Waals surface area contributed by atoms with Crippen molar-refractivity contribution in [3.05, 3.63) is 0 Å². The zero-order valence-corrected chi connectivity index (χ0v) is 16.5. The maximum Gasteiger partial charge on any atom is -0.00192 e. The predicted octanol–water partition coefficient (Wildman–Crippen LogP) is 3.94. The van der Waals surface area contributed by atoms with E-state index in [0.29, 0.717) is 0 Å². The lowest BCUT2D eigenvalue weighted by molar-refractivity contribution is 0.230. The van der Waals surface area contributed by atoms with E-state index in [9.17, 15) is 0 Å². The molecule has 3 nitrogen and oxygen atoms in total. The summed E-state index contributed by atoms with van der Waals surface area (Å²) in [5, 5.41) is 0. The Balaban J connectivity index is 0.000000173. The van der Waals surface area contributed by atoms with Crippen molar-refractivity contribution in [3.8, 4) is 0 Å². The monoisotopic (exact) mass is 325 g/mol. The fourth-order valence-electron chi connectivity index (χ4n) is 3.42. The number of nitrogens with zero attached hydrogens (tertiary/aromatic N) is 3. The molecule has 0 spiro atoms. The third-order valence-corrected chi connectivity index (χ3v) is 5.42. The fraction of sp³-hybridized carbons (Fsp3) is 1.00. The normalized spacial score (nSPS) is 25.6. The van der Waals surface area contributed by atoms with Crippen LogP contribution < -0.4 is 0 Å². The molecule has 0 aromatic heterocycles. The number of hydrogen-bond acceptors (Lipinski definition) is 3. The second-order valence-electron chi connectivity index (χ2n) is 8.07. The number of rotatable bonds is 0. The quantitative estimate of drug-likeness (QED) is 0.668. The number of likely N-dealkylation sites (tertiary alicyclic amines) is 3. The van der Waals surface area contributed by atoms with Crippen molar-refractivity contribution < 1.29 is 0 Å². The Morgan fingerprint density at radius 3 is 1.13 bits per heavy atom. The van der Waals surface area contributed by atoms with Crippen LogP contribution in [-0.4, -0.2) is 75.1 Å². The van der Waals surface area contributed by atoms with E-state index in [0.717, 1.165) is 5.92 Å². The second kappa shape index (κ2) is 13.2. The van der Waals surface area contributed by atoms with Gasteiger partial charge in [0.1, 0.15) is 0 Å². The number of piperidine rings is 2. The van der Waals surface area contributed by atoms with Gasteiger partial charge in [0.2, 0.25) is 0 Å². The minimum atomic E-state index is 0.978. The van der Waals surface area contributed by atoms with E-state index in [1.165, 1.54) is 97.1 Å². The molecule has 3 saturated heterocycles. The van der Waals surface area contributed by atoms with E-state index >= 15 is 0 Å². The fourth-order valence-corrected chi connectivity index (χ4v) is 3.42. The summed E-state index contributed by atoms with van der Waals surface area (Å²) in [6.07, 6.45) is 12.8. The third kappa shape index (κ3) is 12.0. The van der Waals surface area contributed by atoms with E-state index in [1.807, 2.05) is 0 Å². The van der Waals surface area contributed by atoms with Crippen LogP contribution in [0.3, 0.4) is 0 Å². The van der Waals surface area contributed by atoms with Gasteiger partial charge in [-0.2, -0.15) is 0 Å². The standard InChI is InChI=1S/2C7H15N.C6H13N/c1-7-3-5-8(2)6-4-7;1-8-6-4-2-3-5-7-8;1-7-5-3-2-4-6-7/h7H,3-6H2,1-2H3;2-7H2,1H3;2-6H2,1H3. The van der Waals surface area contributed by atoms with Crippen LogP contribution in [0.4, 0.5) is 0 Å². The van der Waals surface area contributed by atoms with Gasteiger partial charge in [0, 0.05) is 0 Å². The summed E-state index contributed by atoms with van der Waals surface area (Å²) in [6.45, 7) is 10.2. The first-order valence-electron chi connectivity index (χ1n) is 10.1. The first kappa shape index (κ1) is 20.9. The maximum atomic E-state index is 2.42. The summed E-state index contributed by atoms with van der Waals surface area (Å²) in [5.41, 5.74) is 0. The Hall–Kier alpha value is -0.120. The van der Waals surface area contributed by atoms with Crippen LogP contribution in [0.15, 0.2) is 0 Å². The van der Waals surface area contributed by atoms with Crippen LogP contribution in [0.2, 0.25) is 0 Å². The minimum absolute atomic E-state index is 0.978. The lowest BCUT2D eigenvalue weighted by Gasteiger charge is -2.26. The molecule has 3 fully saturated rings. The lowest BCUT2D eigenvalue weighted by atomic mass is 10.00. The number of hydrogen-bond donors (Lipinski definition) is 0. The van der Waals surface area contributed by atoms with Crippen LogP contribution in [0.25, 0.3) is 0 Å². The van der Waals surface area contributed by atoms with Gasteiger partial charge in [0.15, 0.2) is 0 Å². The molecule has 0 aromatic carbocycles. The molecule has 138 valence electrons. The van der Waals surface area contributed by atoms with Crippen molar-refractivity contribution in [3.63, 3.8) is 0 Å². The van der Waals surface area contributed by atoms with Gasteiger partial charge in [0.05, 0.1) is 0 Å². The molecule has 0 N–H and O–H groups in total. The molecule has 3 aliphatic rings. The highest BCUT2D eigenvalue weighted by molar-refractivity contribution is 4.65. The SMILES string of the molecule is CC1CCN(C)CC1.CN1CCCCC1.CN1CCCCCC1. The topological polar surface area (TPSA) is 9.72 Å². The van der Waals surface area contributed by atoms with Crippen LogP contribution >= 0.6 is 0 Å². The van der Waals surface area contributed by atoms with Crippen LogP contribution in [0.5, 0.6) is 0 Å². The molecule has 3 heteroatoms. The molecule has 0 aliphatic carbocycles. The zero-order chi connectivity index (χ0) is 16.9. The van der Waals surface area contributed by atoms with Crippen molar-refractivity contribution >= 4 is 0 Å². The highest BCUT2D eigenvalue weighted by Crippen LogP contribution is 2.13. The molecular formula is C20H43N3. The molecule has 0 radical (unpaired) electrons. The summed E-state index contributed by atoms with van der Waals surface area (Å²) in [7, 11) is 6.61. The summed E-state index contributed by atoms with van der Waals surface area (Å²) >= 11 is 0. The van der Waals surface area contributed by atoms with Gasteiger partial charge in [-0.25, -0.2) is 0 Å². The Morgan fingerprint density at radius 1 is 0.478 bits per heavy atom. The lowest BCUT2D eigenvalue weighted by Crippen LogP contribution is -2.28. The van der Waals surface area contributed by atoms with Gasteiger partial charge in [-0.1, -0.05) is 26.2 Å². The molecule has 3 aliphatic heterocycles. The van der Waals surface area contributed by atoms with E-state index in [4.69, 9.17) is 0 Å². The predicted molar refractivity (Wildman–Crippen MR) is 103 cm³/mol. The van der Waals surface area contributed by atoms with Gasteiger partial charge in [-0.05, 0) is 105 Å². The van der Waals surface area contributed by atoms with E-state index in [1.54, 1.807) is 0 Å². The molecule has 0 aromatic rings.